The van der Waals surface area contributed by atoms with Crippen molar-refractivity contribution in [1.29, 1.82) is 0 Å². The fraction of sp³-hybridized carbons (Fsp3) is 0.467. The molecule has 3 atom stereocenters. The maximum absolute atomic E-state index is 14.2. The molecule has 0 bridgehead atoms. The van der Waals surface area contributed by atoms with E-state index in [2.05, 4.69) is 10.1 Å². The fourth-order valence-corrected chi connectivity index (χ4v) is 3.01. The van der Waals surface area contributed by atoms with Crippen LogP contribution in [0.1, 0.15) is 48.7 Å². The van der Waals surface area contributed by atoms with E-state index in [0.717, 1.165) is 18.4 Å². The second-order valence-corrected chi connectivity index (χ2v) is 5.97. The Kier molecular flexibility index (Phi) is 2.73. The molecule has 1 N–H and O–H groups in total. The number of aliphatic hydroxyl groups is 1. The summed E-state index contributed by atoms with van der Waals surface area (Å²) >= 11 is 0. The summed E-state index contributed by atoms with van der Waals surface area (Å²) in [7, 11) is 5.93. The topological polar surface area (TPSA) is 50.9 Å². The smallest absolute Gasteiger partial charge is 0.173 e. The Hall–Kier alpha value is -1.69. The highest BCUT2D eigenvalue weighted by Gasteiger charge is 2.45. The number of alkyl halides is 1. The average Bonchev–Trinajstić information content (AvgIpc) is 3.17. The Balaban J connectivity index is 1.74. The number of halogens is 1. The first-order valence-corrected chi connectivity index (χ1v) is 7.24. The van der Waals surface area contributed by atoms with Crippen LogP contribution in [0.25, 0.3) is 0 Å². The summed E-state index contributed by atoms with van der Waals surface area (Å²) in [6.45, 7) is 0. The lowest BCUT2D eigenvalue weighted by Gasteiger charge is -2.20. The number of aromatic nitrogens is 3. The van der Waals surface area contributed by atoms with E-state index in [-0.39, 0.29) is 23.6 Å². The van der Waals surface area contributed by atoms with Gasteiger partial charge >= 0.3 is 0 Å². The van der Waals surface area contributed by atoms with Crippen LogP contribution in [0.15, 0.2) is 30.3 Å². The number of benzene rings is 1. The van der Waals surface area contributed by atoms with Gasteiger partial charge in [0.2, 0.25) is 0 Å². The zero-order valence-corrected chi connectivity index (χ0v) is 11.5. The number of fused-ring (bicyclic) bond motifs is 1. The summed E-state index contributed by atoms with van der Waals surface area (Å²) < 4.78 is 15.8. The molecule has 2 heterocycles. The van der Waals surface area contributed by atoms with Gasteiger partial charge in [0.25, 0.3) is 0 Å². The fourth-order valence-electron chi connectivity index (χ4n) is 3.01. The van der Waals surface area contributed by atoms with Crippen molar-refractivity contribution in [1.82, 2.24) is 14.8 Å². The molecule has 1 saturated carbocycles. The van der Waals surface area contributed by atoms with Gasteiger partial charge in [0.1, 0.15) is 7.85 Å². The lowest BCUT2D eigenvalue weighted by Crippen LogP contribution is -2.30. The molecule has 21 heavy (non-hydrogen) atoms. The summed E-state index contributed by atoms with van der Waals surface area (Å²) in [6.07, 6.45) is 0.869. The van der Waals surface area contributed by atoms with E-state index in [1.165, 1.54) is 0 Å². The molecular weight excluding hydrogens is 268 g/mol. The van der Waals surface area contributed by atoms with Crippen LogP contribution in [0.2, 0.25) is 0 Å². The van der Waals surface area contributed by atoms with Crippen molar-refractivity contribution in [3.05, 3.63) is 47.5 Å². The van der Waals surface area contributed by atoms with Crippen LogP contribution in [0.5, 0.6) is 0 Å². The van der Waals surface area contributed by atoms with Crippen LogP contribution < -0.4 is 0 Å². The highest BCUT2D eigenvalue weighted by atomic mass is 19.1. The molecule has 1 fully saturated rings. The Morgan fingerprint density at radius 1 is 1.29 bits per heavy atom. The van der Waals surface area contributed by atoms with Gasteiger partial charge < -0.3 is 5.11 Å². The molecule has 1 unspecified atom stereocenters. The van der Waals surface area contributed by atoms with Gasteiger partial charge in [-0.25, -0.2) is 14.1 Å². The molecule has 0 spiro atoms. The maximum Gasteiger partial charge on any atom is 0.173 e. The molecule has 0 amide bonds. The predicted molar refractivity (Wildman–Crippen MR) is 75.4 cm³/mol. The van der Waals surface area contributed by atoms with Gasteiger partial charge in [-0.1, -0.05) is 30.3 Å². The van der Waals surface area contributed by atoms with Crippen molar-refractivity contribution in [2.75, 3.05) is 0 Å². The van der Waals surface area contributed by atoms with Gasteiger partial charge in [0, 0.05) is 6.42 Å². The first kappa shape index (κ1) is 13.0. The summed E-state index contributed by atoms with van der Waals surface area (Å²) in [5, 5.41) is 14.7. The molecule has 1 aliphatic carbocycles. The Morgan fingerprint density at radius 2 is 2.00 bits per heavy atom. The van der Waals surface area contributed by atoms with Gasteiger partial charge in [-0.3, -0.25) is 0 Å². The number of nitrogens with zero attached hydrogens (tertiary/aromatic N) is 3. The number of hydrogen-bond acceptors (Lipinski definition) is 3. The van der Waals surface area contributed by atoms with Crippen molar-refractivity contribution in [2.45, 2.75) is 37.0 Å². The minimum Gasteiger partial charge on any atom is -0.392 e. The van der Waals surface area contributed by atoms with E-state index in [9.17, 15) is 9.50 Å². The third-order valence-corrected chi connectivity index (χ3v) is 4.41. The minimum atomic E-state index is -1.54. The third kappa shape index (κ3) is 2.00. The van der Waals surface area contributed by atoms with E-state index in [4.69, 9.17) is 7.85 Å². The van der Waals surface area contributed by atoms with E-state index in [1.54, 1.807) is 4.68 Å². The summed E-state index contributed by atoms with van der Waals surface area (Å²) in [6, 6.07) is 9.47. The lowest BCUT2D eigenvalue weighted by molar-refractivity contribution is 0.0924. The van der Waals surface area contributed by atoms with E-state index < -0.39 is 11.7 Å². The summed E-state index contributed by atoms with van der Waals surface area (Å²) in [4.78, 5) is 4.18. The van der Waals surface area contributed by atoms with E-state index >= 15 is 0 Å². The first-order valence-electron chi connectivity index (χ1n) is 7.24. The number of hydrogen-bond donors (Lipinski definition) is 1. The third-order valence-electron chi connectivity index (χ3n) is 4.41. The zero-order valence-electron chi connectivity index (χ0n) is 11.5. The van der Waals surface area contributed by atoms with Crippen molar-refractivity contribution in [3.8, 4) is 0 Å². The van der Waals surface area contributed by atoms with Crippen LogP contribution in [-0.2, 0) is 5.50 Å². The molecule has 1 aliphatic heterocycles. The molecule has 2 aromatic rings. The normalized spacial score (nSPS) is 27.3. The highest BCUT2D eigenvalue weighted by molar-refractivity contribution is 6.14. The molecule has 0 saturated heterocycles. The maximum atomic E-state index is 14.2. The monoisotopic (exact) mass is 283 g/mol. The second kappa shape index (κ2) is 4.40. The summed E-state index contributed by atoms with van der Waals surface area (Å²) in [5.41, 5.74) is -0.555. The SMILES string of the molecule is [B]C(O)(c1nc2n(n1)[C@H](c1ccccc1)C[C@@H]2F)C1CC1. The Bertz CT molecular complexity index is 669. The number of rotatable bonds is 3. The summed E-state index contributed by atoms with van der Waals surface area (Å²) in [5.74, 6) is 0.389. The molecular formula is C15H15BFN3O. The average molecular weight is 283 g/mol. The van der Waals surface area contributed by atoms with Crippen molar-refractivity contribution < 1.29 is 9.50 Å². The molecule has 6 heteroatoms. The van der Waals surface area contributed by atoms with E-state index in [1.807, 2.05) is 30.3 Å². The van der Waals surface area contributed by atoms with Crippen LogP contribution in [0.3, 0.4) is 0 Å². The van der Waals surface area contributed by atoms with Gasteiger partial charge in [-0.05, 0) is 24.3 Å². The molecule has 4 nitrogen and oxygen atoms in total. The molecule has 2 radical (unpaired) electrons. The molecule has 1 aromatic carbocycles. The second-order valence-electron chi connectivity index (χ2n) is 5.97. The molecule has 1 aromatic heterocycles. The van der Waals surface area contributed by atoms with Crippen LogP contribution >= 0.6 is 0 Å². The van der Waals surface area contributed by atoms with Crippen molar-refractivity contribution >= 4 is 7.85 Å². The van der Waals surface area contributed by atoms with Gasteiger partial charge in [-0.2, -0.15) is 5.10 Å². The highest BCUT2D eigenvalue weighted by Crippen LogP contribution is 2.45. The van der Waals surface area contributed by atoms with Crippen LogP contribution in [-0.4, -0.2) is 27.7 Å². The quantitative estimate of drug-likeness (QED) is 0.877. The molecule has 106 valence electrons. The van der Waals surface area contributed by atoms with Crippen molar-refractivity contribution in [3.63, 3.8) is 0 Å². The van der Waals surface area contributed by atoms with Gasteiger partial charge in [-0.15, -0.1) is 0 Å². The van der Waals surface area contributed by atoms with Gasteiger partial charge in [0.15, 0.2) is 17.8 Å². The van der Waals surface area contributed by atoms with Crippen LogP contribution in [0.4, 0.5) is 4.39 Å². The molecule has 2 aliphatic rings. The first-order chi connectivity index (χ1) is 10.1. The van der Waals surface area contributed by atoms with E-state index in [0.29, 0.717) is 6.42 Å². The van der Waals surface area contributed by atoms with Gasteiger partial charge in [0.05, 0.1) is 11.5 Å². The lowest BCUT2D eigenvalue weighted by atomic mass is 9.76. The largest absolute Gasteiger partial charge is 0.392 e. The Labute approximate surface area is 123 Å². The zero-order chi connectivity index (χ0) is 14.6. The minimum absolute atomic E-state index is 0.0196. The predicted octanol–water partition coefficient (Wildman–Crippen LogP) is 2.01. The molecule has 4 rings (SSSR count). The van der Waals surface area contributed by atoms with Crippen molar-refractivity contribution in [2.24, 2.45) is 5.92 Å². The van der Waals surface area contributed by atoms with Crippen LogP contribution in [0, 0.1) is 5.92 Å². The Morgan fingerprint density at radius 3 is 2.67 bits per heavy atom. The standard InChI is InChI=1S/C15H15BFN3O/c16-15(21,10-6-7-10)14-18-13-11(17)8-12(20(13)19-14)9-4-2-1-3-5-9/h1-5,10-12,21H,6-8H2/t11-,12-,15?/m0/s1.